The smallest absolute Gasteiger partial charge is 0.265 e. The number of nitrogens with one attached hydrogen (secondary N) is 1. The number of amides is 1. The van der Waals surface area contributed by atoms with Crippen LogP contribution in [0.4, 0.5) is 10.7 Å². The van der Waals surface area contributed by atoms with Crippen LogP contribution < -0.4 is 11.1 Å². The van der Waals surface area contributed by atoms with Crippen molar-refractivity contribution in [2.24, 2.45) is 0 Å². The van der Waals surface area contributed by atoms with Gasteiger partial charge in [-0.2, -0.15) is 0 Å². The molecule has 1 heterocycles. The Kier molecular flexibility index (Phi) is 6.66. The van der Waals surface area contributed by atoms with E-state index in [4.69, 9.17) is 10.5 Å². The molecule has 0 saturated carbocycles. The van der Waals surface area contributed by atoms with Crippen molar-refractivity contribution in [1.82, 2.24) is 4.90 Å². The molecule has 0 spiro atoms. The molecule has 0 saturated heterocycles. The van der Waals surface area contributed by atoms with Crippen molar-refractivity contribution in [3.05, 3.63) is 10.9 Å². The van der Waals surface area contributed by atoms with Gasteiger partial charge in [-0.3, -0.25) is 4.79 Å². The summed E-state index contributed by atoms with van der Waals surface area (Å²) in [5, 5.41) is 4.26. The molecule has 3 N–H and O–H groups in total. The van der Waals surface area contributed by atoms with Crippen LogP contribution in [0, 0.1) is 0 Å². The van der Waals surface area contributed by atoms with Crippen LogP contribution in [0.15, 0.2) is 6.07 Å². The maximum absolute atomic E-state index is 11.8. The average Bonchev–Trinajstić information content (AvgIpc) is 2.73. The zero-order valence-electron chi connectivity index (χ0n) is 11.9. The molecule has 0 unspecified atom stereocenters. The van der Waals surface area contributed by atoms with E-state index >= 15 is 0 Å². The van der Waals surface area contributed by atoms with Gasteiger partial charge in [-0.25, -0.2) is 0 Å². The highest BCUT2D eigenvalue weighted by molar-refractivity contribution is 7.18. The van der Waals surface area contributed by atoms with Gasteiger partial charge in [0.1, 0.15) is 4.88 Å². The first-order valence-electron chi connectivity index (χ1n) is 6.40. The molecule has 1 rings (SSSR count). The zero-order valence-corrected chi connectivity index (χ0v) is 12.7. The Hall–Kier alpha value is -1.27. The second-order valence-electron chi connectivity index (χ2n) is 4.57. The van der Waals surface area contributed by atoms with E-state index in [1.807, 2.05) is 6.07 Å². The molecule has 0 aromatic carbocycles. The van der Waals surface area contributed by atoms with Gasteiger partial charge in [-0.1, -0.05) is 0 Å². The molecule has 1 amide bonds. The van der Waals surface area contributed by atoms with Gasteiger partial charge in [0, 0.05) is 34.4 Å². The van der Waals surface area contributed by atoms with Gasteiger partial charge < -0.3 is 20.7 Å². The van der Waals surface area contributed by atoms with E-state index in [1.54, 1.807) is 21.2 Å². The van der Waals surface area contributed by atoms with Crippen LogP contribution in [0.25, 0.3) is 0 Å². The molecular weight excluding hydrogens is 262 g/mol. The third kappa shape index (κ3) is 5.08. The molecule has 0 aliphatic rings. The van der Waals surface area contributed by atoms with Gasteiger partial charge in [-0.05, 0) is 25.3 Å². The van der Waals surface area contributed by atoms with Gasteiger partial charge in [0.15, 0.2) is 0 Å². The van der Waals surface area contributed by atoms with E-state index in [1.165, 1.54) is 16.2 Å². The fourth-order valence-electron chi connectivity index (χ4n) is 1.62. The summed E-state index contributed by atoms with van der Waals surface area (Å²) in [4.78, 5) is 14.0. The molecule has 0 atom stereocenters. The average molecular weight is 285 g/mol. The standard InChI is InChI=1S/C13H23N3O2S/c1-16(2)13(17)12-10(14)9-11(19-12)15-7-5-4-6-8-18-3/h9,15H,4-8,14H2,1-3H3. The molecule has 1 aromatic heterocycles. The van der Waals surface area contributed by atoms with Crippen LogP contribution >= 0.6 is 11.3 Å². The number of methoxy groups -OCH3 is 1. The fourth-order valence-corrected chi connectivity index (χ4v) is 2.65. The summed E-state index contributed by atoms with van der Waals surface area (Å²) in [5.41, 5.74) is 6.40. The van der Waals surface area contributed by atoms with E-state index in [0.29, 0.717) is 10.6 Å². The van der Waals surface area contributed by atoms with Crippen molar-refractivity contribution in [3.63, 3.8) is 0 Å². The molecule has 1 aromatic rings. The third-order valence-electron chi connectivity index (χ3n) is 2.69. The number of thiophene rings is 1. The maximum atomic E-state index is 11.8. The number of nitrogen functional groups attached to an aromatic ring is 1. The Morgan fingerprint density at radius 1 is 1.42 bits per heavy atom. The van der Waals surface area contributed by atoms with E-state index < -0.39 is 0 Å². The molecular formula is C13H23N3O2S. The number of unbranched alkanes of at least 4 members (excludes halogenated alkanes) is 2. The van der Waals surface area contributed by atoms with Crippen LogP contribution in [-0.2, 0) is 4.74 Å². The number of carbonyl (C=O) groups excluding carboxylic acids is 1. The Labute approximate surface area is 118 Å². The number of nitrogens with zero attached hydrogens (tertiary/aromatic N) is 1. The predicted octanol–water partition coefficient (Wildman–Crippen LogP) is 2.26. The summed E-state index contributed by atoms with van der Waals surface area (Å²) < 4.78 is 5.00. The number of nitrogens with two attached hydrogens (primary N) is 1. The Bertz CT molecular complexity index is 405. The molecule has 19 heavy (non-hydrogen) atoms. The van der Waals surface area contributed by atoms with Crippen molar-refractivity contribution in [1.29, 1.82) is 0 Å². The molecule has 0 bridgehead atoms. The Morgan fingerprint density at radius 2 is 2.16 bits per heavy atom. The largest absolute Gasteiger partial charge is 0.397 e. The zero-order chi connectivity index (χ0) is 14.3. The summed E-state index contributed by atoms with van der Waals surface area (Å²) in [5.74, 6) is -0.0457. The minimum atomic E-state index is -0.0457. The lowest BCUT2D eigenvalue weighted by atomic mass is 10.2. The van der Waals surface area contributed by atoms with Gasteiger partial charge in [-0.15, -0.1) is 11.3 Å². The molecule has 6 heteroatoms. The minimum Gasteiger partial charge on any atom is -0.397 e. The van der Waals surface area contributed by atoms with Crippen molar-refractivity contribution < 1.29 is 9.53 Å². The van der Waals surface area contributed by atoms with Crippen molar-refractivity contribution in [3.8, 4) is 0 Å². The number of hydrogen-bond acceptors (Lipinski definition) is 5. The summed E-state index contributed by atoms with van der Waals surface area (Å²) in [6.45, 7) is 1.70. The first-order valence-corrected chi connectivity index (χ1v) is 7.21. The maximum Gasteiger partial charge on any atom is 0.265 e. The topological polar surface area (TPSA) is 67.6 Å². The molecule has 0 aliphatic heterocycles. The van der Waals surface area contributed by atoms with E-state index in [9.17, 15) is 4.79 Å². The quantitative estimate of drug-likeness (QED) is 0.719. The number of rotatable bonds is 8. The Morgan fingerprint density at radius 3 is 2.79 bits per heavy atom. The lowest BCUT2D eigenvalue weighted by Gasteiger charge is -2.08. The van der Waals surface area contributed by atoms with Gasteiger partial charge in [0.05, 0.1) is 10.7 Å². The minimum absolute atomic E-state index is 0.0457. The first kappa shape index (κ1) is 15.8. The monoisotopic (exact) mass is 285 g/mol. The normalized spacial score (nSPS) is 10.5. The van der Waals surface area contributed by atoms with Gasteiger partial charge in [0.2, 0.25) is 0 Å². The van der Waals surface area contributed by atoms with Crippen molar-refractivity contribution in [2.45, 2.75) is 19.3 Å². The van der Waals surface area contributed by atoms with Crippen LogP contribution in [-0.4, -0.2) is 45.2 Å². The van der Waals surface area contributed by atoms with Crippen LogP contribution in [0.5, 0.6) is 0 Å². The van der Waals surface area contributed by atoms with Crippen LogP contribution in [0.2, 0.25) is 0 Å². The van der Waals surface area contributed by atoms with Gasteiger partial charge >= 0.3 is 0 Å². The molecule has 108 valence electrons. The summed E-state index contributed by atoms with van der Waals surface area (Å²) >= 11 is 1.41. The highest BCUT2D eigenvalue weighted by Crippen LogP contribution is 2.29. The predicted molar refractivity (Wildman–Crippen MR) is 81.0 cm³/mol. The van der Waals surface area contributed by atoms with Crippen LogP contribution in [0.3, 0.4) is 0 Å². The summed E-state index contributed by atoms with van der Waals surface area (Å²) in [6.07, 6.45) is 3.29. The fraction of sp³-hybridized carbons (Fsp3) is 0.615. The second-order valence-corrected chi connectivity index (χ2v) is 5.63. The Balaban J connectivity index is 2.39. The van der Waals surface area contributed by atoms with Gasteiger partial charge in [0.25, 0.3) is 5.91 Å². The second kappa shape index (κ2) is 8.01. The van der Waals surface area contributed by atoms with Crippen LogP contribution in [0.1, 0.15) is 28.9 Å². The molecule has 0 fully saturated rings. The highest BCUT2D eigenvalue weighted by Gasteiger charge is 2.15. The molecule has 0 aliphatic carbocycles. The highest BCUT2D eigenvalue weighted by atomic mass is 32.1. The lowest BCUT2D eigenvalue weighted by Crippen LogP contribution is -2.21. The summed E-state index contributed by atoms with van der Waals surface area (Å²) in [6, 6.07) is 1.83. The van der Waals surface area contributed by atoms with E-state index in [-0.39, 0.29) is 5.91 Å². The molecule has 0 radical (unpaired) electrons. The number of ether oxygens (including phenoxy) is 1. The number of carbonyl (C=O) groups is 1. The van der Waals surface area contributed by atoms with Crippen molar-refractivity contribution in [2.75, 3.05) is 45.4 Å². The summed E-state index contributed by atoms with van der Waals surface area (Å²) in [7, 11) is 5.17. The SMILES string of the molecule is COCCCCCNc1cc(N)c(C(=O)N(C)C)s1. The number of hydrogen-bond donors (Lipinski definition) is 2. The molecule has 5 nitrogen and oxygen atoms in total. The third-order valence-corrected chi connectivity index (χ3v) is 3.78. The lowest BCUT2D eigenvalue weighted by molar-refractivity contribution is 0.0833. The number of anilines is 2. The first-order chi connectivity index (χ1) is 9.06. The van der Waals surface area contributed by atoms with E-state index in [0.717, 1.165) is 37.4 Å². The van der Waals surface area contributed by atoms with E-state index in [2.05, 4.69) is 5.32 Å². The van der Waals surface area contributed by atoms with Crippen molar-refractivity contribution >= 4 is 27.9 Å².